The molecule has 0 radical (unpaired) electrons. The average molecular weight is 598 g/mol. The summed E-state index contributed by atoms with van der Waals surface area (Å²) in [6, 6.07) is 4.65. The van der Waals surface area contributed by atoms with E-state index in [9.17, 15) is 0 Å². The third-order valence-corrected chi connectivity index (χ3v) is 9.92. The lowest BCUT2D eigenvalue weighted by molar-refractivity contribution is 0.551. The Morgan fingerprint density at radius 1 is 0.326 bits per heavy atom. The summed E-state index contributed by atoms with van der Waals surface area (Å²) in [6.45, 7) is 6.93. The highest BCUT2D eigenvalue weighted by Gasteiger charge is 2.12. The van der Waals surface area contributed by atoms with E-state index in [1.165, 1.54) is 217 Å². The van der Waals surface area contributed by atoms with Crippen molar-refractivity contribution in [3.05, 3.63) is 28.8 Å². The molecule has 0 fully saturated rings. The summed E-state index contributed by atoms with van der Waals surface area (Å²) in [5.74, 6) is 0. The summed E-state index contributed by atoms with van der Waals surface area (Å²) >= 11 is 0. The molecule has 1 nitrogen and oxygen atoms in total. The Labute approximate surface area is 272 Å². The van der Waals surface area contributed by atoms with Gasteiger partial charge in [0.2, 0.25) is 0 Å². The first kappa shape index (κ1) is 40.0. The van der Waals surface area contributed by atoms with E-state index in [-0.39, 0.29) is 0 Å². The van der Waals surface area contributed by atoms with Gasteiger partial charge in [0.25, 0.3) is 0 Å². The van der Waals surface area contributed by atoms with Crippen LogP contribution in [0.25, 0.3) is 0 Å². The van der Waals surface area contributed by atoms with Crippen molar-refractivity contribution in [3.8, 4) is 0 Å². The van der Waals surface area contributed by atoms with Gasteiger partial charge >= 0.3 is 0 Å². The number of rotatable bonds is 33. The second-order valence-electron chi connectivity index (χ2n) is 14.1. The molecular weight excluding hydrogens is 518 g/mol. The van der Waals surface area contributed by atoms with Gasteiger partial charge in [-0.2, -0.15) is 0 Å². The van der Waals surface area contributed by atoms with Crippen LogP contribution in [0.2, 0.25) is 0 Å². The van der Waals surface area contributed by atoms with Crippen molar-refractivity contribution in [2.75, 3.05) is 5.73 Å². The molecule has 0 unspecified atom stereocenters. The third-order valence-electron chi connectivity index (χ3n) is 9.92. The first-order valence-corrected chi connectivity index (χ1v) is 20.1. The van der Waals surface area contributed by atoms with Crippen LogP contribution in [0.15, 0.2) is 12.1 Å². The van der Waals surface area contributed by atoms with Crippen LogP contribution in [-0.2, 0) is 19.3 Å². The molecule has 0 aliphatic heterocycles. The molecule has 252 valence electrons. The molecule has 0 aliphatic carbocycles. The van der Waals surface area contributed by atoms with Gasteiger partial charge in [-0.25, -0.2) is 0 Å². The van der Waals surface area contributed by atoms with Gasteiger partial charge < -0.3 is 5.73 Å². The molecule has 1 aromatic rings. The van der Waals surface area contributed by atoms with Crippen molar-refractivity contribution in [1.29, 1.82) is 0 Å². The van der Waals surface area contributed by atoms with Gasteiger partial charge in [0.05, 0.1) is 0 Å². The fourth-order valence-electron chi connectivity index (χ4n) is 6.98. The van der Waals surface area contributed by atoms with Crippen LogP contribution in [0, 0.1) is 0 Å². The topological polar surface area (TPSA) is 26.0 Å². The molecule has 0 aromatic heterocycles. The number of benzene rings is 1. The zero-order valence-corrected chi connectivity index (χ0v) is 30.1. The first-order chi connectivity index (χ1) is 21.2. The van der Waals surface area contributed by atoms with Crippen LogP contribution >= 0.6 is 0 Å². The van der Waals surface area contributed by atoms with E-state index in [0.717, 1.165) is 5.69 Å². The number of nitrogen functional groups attached to an aromatic ring is 1. The monoisotopic (exact) mass is 598 g/mol. The fourth-order valence-corrected chi connectivity index (χ4v) is 6.98. The zero-order chi connectivity index (χ0) is 31.1. The second-order valence-corrected chi connectivity index (χ2v) is 14.1. The zero-order valence-electron chi connectivity index (χ0n) is 30.1. The normalized spacial score (nSPS) is 11.5. The molecule has 0 saturated carbocycles. The van der Waals surface area contributed by atoms with E-state index in [2.05, 4.69) is 32.9 Å². The summed E-state index contributed by atoms with van der Waals surface area (Å²) in [4.78, 5) is 0. The molecule has 1 rings (SSSR count). The number of anilines is 1. The van der Waals surface area contributed by atoms with E-state index in [1.54, 1.807) is 11.1 Å². The first-order valence-electron chi connectivity index (χ1n) is 20.1. The maximum atomic E-state index is 6.68. The van der Waals surface area contributed by atoms with Crippen molar-refractivity contribution >= 4 is 5.69 Å². The largest absolute Gasteiger partial charge is 0.398 e. The molecule has 0 spiro atoms. The van der Waals surface area contributed by atoms with Gasteiger partial charge in [-0.3, -0.25) is 0 Å². The Hall–Kier alpha value is -0.980. The smallest absolute Gasteiger partial charge is 0.0349 e. The Bertz CT molecular complexity index is 707. The van der Waals surface area contributed by atoms with E-state index < -0.39 is 0 Å². The Kier molecular flexibility index (Phi) is 28.9. The maximum absolute atomic E-state index is 6.68. The van der Waals surface area contributed by atoms with Gasteiger partial charge in [-0.05, 0) is 61.3 Å². The maximum Gasteiger partial charge on any atom is 0.0349 e. The van der Waals surface area contributed by atoms with Gasteiger partial charge in [0.15, 0.2) is 0 Å². The molecule has 0 bridgehead atoms. The Morgan fingerprint density at radius 2 is 0.605 bits per heavy atom. The van der Waals surface area contributed by atoms with Gasteiger partial charge in [-0.1, -0.05) is 200 Å². The predicted octanol–water partition coefficient (Wildman–Crippen LogP) is 14.7. The van der Waals surface area contributed by atoms with Crippen LogP contribution in [0.3, 0.4) is 0 Å². The summed E-state index contributed by atoms with van der Waals surface area (Å²) in [5.41, 5.74) is 12.6. The lowest BCUT2D eigenvalue weighted by atomic mass is 9.89. The predicted molar refractivity (Wildman–Crippen MR) is 197 cm³/mol. The molecule has 1 aromatic carbocycles. The van der Waals surface area contributed by atoms with Gasteiger partial charge in [0.1, 0.15) is 0 Å². The molecule has 1 heteroatoms. The van der Waals surface area contributed by atoms with Gasteiger partial charge in [-0.15, -0.1) is 0 Å². The van der Waals surface area contributed by atoms with E-state index in [0.29, 0.717) is 0 Å². The number of hydrogen-bond acceptors (Lipinski definition) is 1. The highest BCUT2D eigenvalue weighted by molar-refractivity contribution is 5.54. The average Bonchev–Trinajstić information content (AvgIpc) is 3.01. The number of nitrogens with two attached hydrogens (primary N) is 1. The quantitative estimate of drug-likeness (QED) is 0.0633. The molecule has 0 amide bonds. The minimum absolute atomic E-state index is 1.07. The summed E-state index contributed by atoms with van der Waals surface area (Å²) in [5, 5.41) is 0. The molecular formula is C42H79N. The SMILES string of the molecule is CCCCCCCCCCCCc1ccc(N)c(CCCCCCCCCCCC)c1CCCCCCCCCCCC. The van der Waals surface area contributed by atoms with Gasteiger partial charge in [0, 0.05) is 5.69 Å². The summed E-state index contributed by atoms with van der Waals surface area (Å²) in [6.07, 6.45) is 46.0. The van der Waals surface area contributed by atoms with Crippen LogP contribution in [0.4, 0.5) is 5.69 Å². The highest BCUT2D eigenvalue weighted by Crippen LogP contribution is 2.28. The molecule has 0 saturated heterocycles. The number of hydrogen-bond donors (Lipinski definition) is 1. The minimum atomic E-state index is 1.07. The Balaban J connectivity index is 2.50. The molecule has 0 heterocycles. The minimum Gasteiger partial charge on any atom is -0.398 e. The molecule has 2 N–H and O–H groups in total. The van der Waals surface area contributed by atoms with E-state index in [4.69, 9.17) is 5.73 Å². The fraction of sp³-hybridized carbons (Fsp3) is 0.857. The van der Waals surface area contributed by atoms with E-state index >= 15 is 0 Å². The van der Waals surface area contributed by atoms with E-state index in [1.807, 2.05) is 0 Å². The summed E-state index contributed by atoms with van der Waals surface area (Å²) < 4.78 is 0. The third kappa shape index (κ3) is 23.1. The Morgan fingerprint density at radius 3 is 0.953 bits per heavy atom. The van der Waals surface area contributed by atoms with Crippen molar-refractivity contribution in [2.45, 2.75) is 233 Å². The van der Waals surface area contributed by atoms with Crippen molar-refractivity contribution in [1.82, 2.24) is 0 Å². The van der Waals surface area contributed by atoms with Crippen LogP contribution in [-0.4, -0.2) is 0 Å². The van der Waals surface area contributed by atoms with Crippen LogP contribution in [0.1, 0.15) is 230 Å². The highest BCUT2D eigenvalue weighted by atomic mass is 14.6. The van der Waals surface area contributed by atoms with Crippen LogP contribution in [0.5, 0.6) is 0 Å². The van der Waals surface area contributed by atoms with Crippen LogP contribution < -0.4 is 5.73 Å². The van der Waals surface area contributed by atoms with Crippen molar-refractivity contribution in [2.24, 2.45) is 0 Å². The molecule has 0 aliphatic rings. The standard InChI is InChI=1S/C42H79N/c1-4-7-10-13-16-19-22-25-28-31-34-39-37-38-42(43)41(36-33-30-27-24-21-18-15-12-9-6-3)40(39)35-32-29-26-23-20-17-14-11-8-5-2/h37-38H,4-36,43H2,1-3H3. The molecule has 43 heavy (non-hydrogen) atoms. The molecule has 0 atom stereocenters. The van der Waals surface area contributed by atoms with Crippen molar-refractivity contribution in [3.63, 3.8) is 0 Å². The summed E-state index contributed by atoms with van der Waals surface area (Å²) in [7, 11) is 0. The number of aryl methyl sites for hydroxylation is 1. The lowest BCUT2D eigenvalue weighted by Gasteiger charge is -2.18. The second kappa shape index (κ2) is 31.0. The number of unbranched alkanes of at least 4 members (excludes halogenated alkanes) is 27. The lowest BCUT2D eigenvalue weighted by Crippen LogP contribution is -2.06. The van der Waals surface area contributed by atoms with Crippen molar-refractivity contribution < 1.29 is 0 Å².